The molecule has 6 nitrogen and oxygen atoms in total. The standard InChI is InChI=1S/C16H20ClN5O/c17-13-3-1-2-12(8-13)9-16(23)21-6-4-15(5-7-21)22-11-14(10-18)19-20-22/h1-3,8,11,15H,4-7,9-10,18H2. The van der Waals surface area contributed by atoms with Gasteiger partial charge in [-0.05, 0) is 30.5 Å². The summed E-state index contributed by atoms with van der Waals surface area (Å²) in [5.74, 6) is 0.145. The Kier molecular flexibility index (Phi) is 4.93. The van der Waals surface area contributed by atoms with E-state index in [-0.39, 0.29) is 11.9 Å². The minimum atomic E-state index is 0.145. The minimum Gasteiger partial charge on any atom is -0.342 e. The molecule has 1 aromatic heterocycles. The number of likely N-dealkylation sites (tertiary alicyclic amines) is 1. The average Bonchev–Trinajstić information content (AvgIpc) is 3.04. The zero-order valence-electron chi connectivity index (χ0n) is 12.9. The smallest absolute Gasteiger partial charge is 0.226 e. The highest BCUT2D eigenvalue weighted by atomic mass is 35.5. The van der Waals surface area contributed by atoms with Gasteiger partial charge in [0.1, 0.15) is 0 Å². The van der Waals surface area contributed by atoms with Gasteiger partial charge in [0.05, 0.1) is 24.4 Å². The number of piperidine rings is 1. The maximum absolute atomic E-state index is 12.4. The van der Waals surface area contributed by atoms with Crippen LogP contribution in [0, 0.1) is 0 Å². The Bertz CT molecular complexity index is 679. The summed E-state index contributed by atoms with van der Waals surface area (Å²) in [6, 6.07) is 7.75. The lowest BCUT2D eigenvalue weighted by atomic mass is 10.0. The lowest BCUT2D eigenvalue weighted by Gasteiger charge is -2.32. The molecular formula is C16H20ClN5O. The Labute approximate surface area is 140 Å². The SMILES string of the molecule is NCc1cn(C2CCN(C(=O)Cc3cccc(Cl)c3)CC2)nn1. The van der Waals surface area contributed by atoms with Crippen molar-refractivity contribution in [2.75, 3.05) is 13.1 Å². The molecule has 1 aliphatic heterocycles. The van der Waals surface area contributed by atoms with Crippen LogP contribution in [0.3, 0.4) is 0 Å². The van der Waals surface area contributed by atoms with Crippen LogP contribution in [0.15, 0.2) is 30.5 Å². The van der Waals surface area contributed by atoms with Crippen LogP contribution in [0.1, 0.15) is 30.1 Å². The fraction of sp³-hybridized carbons (Fsp3) is 0.438. The topological polar surface area (TPSA) is 77.0 Å². The summed E-state index contributed by atoms with van der Waals surface area (Å²) in [6.07, 6.45) is 4.06. The third kappa shape index (κ3) is 3.89. The van der Waals surface area contributed by atoms with Crippen LogP contribution in [0.2, 0.25) is 5.02 Å². The van der Waals surface area contributed by atoms with Crippen molar-refractivity contribution in [3.8, 4) is 0 Å². The van der Waals surface area contributed by atoms with E-state index in [9.17, 15) is 4.79 Å². The lowest BCUT2D eigenvalue weighted by Crippen LogP contribution is -2.40. The molecule has 0 aliphatic carbocycles. The first-order chi connectivity index (χ1) is 11.2. The highest BCUT2D eigenvalue weighted by molar-refractivity contribution is 6.30. The monoisotopic (exact) mass is 333 g/mol. The predicted molar refractivity (Wildman–Crippen MR) is 87.9 cm³/mol. The Morgan fingerprint density at radius 2 is 2.13 bits per heavy atom. The zero-order chi connectivity index (χ0) is 16.2. The maximum atomic E-state index is 12.4. The van der Waals surface area contributed by atoms with E-state index in [2.05, 4.69) is 10.3 Å². The number of benzene rings is 1. The molecule has 0 unspecified atom stereocenters. The molecule has 2 N–H and O–H groups in total. The maximum Gasteiger partial charge on any atom is 0.226 e. The molecule has 2 aromatic rings. The van der Waals surface area contributed by atoms with Gasteiger partial charge < -0.3 is 10.6 Å². The number of hydrogen-bond acceptors (Lipinski definition) is 4. The van der Waals surface area contributed by atoms with Crippen LogP contribution in [0.25, 0.3) is 0 Å². The molecule has 0 saturated carbocycles. The molecule has 0 radical (unpaired) electrons. The van der Waals surface area contributed by atoms with Crippen molar-refractivity contribution in [3.63, 3.8) is 0 Å². The molecule has 3 rings (SSSR count). The first-order valence-electron chi connectivity index (χ1n) is 7.78. The third-order valence-electron chi connectivity index (χ3n) is 4.20. The first kappa shape index (κ1) is 16.0. The van der Waals surface area contributed by atoms with E-state index in [1.807, 2.05) is 40.0 Å². The fourth-order valence-electron chi connectivity index (χ4n) is 2.90. The molecule has 0 atom stereocenters. The van der Waals surface area contributed by atoms with E-state index in [0.717, 1.165) is 37.2 Å². The second-order valence-electron chi connectivity index (χ2n) is 5.81. The second-order valence-corrected chi connectivity index (χ2v) is 6.25. The van der Waals surface area contributed by atoms with Crippen molar-refractivity contribution in [1.82, 2.24) is 19.9 Å². The number of hydrogen-bond donors (Lipinski definition) is 1. The Balaban J connectivity index is 1.55. The molecule has 1 saturated heterocycles. The van der Waals surface area contributed by atoms with Crippen LogP contribution in [-0.4, -0.2) is 38.9 Å². The van der Waals surface area contributed by atoms with Crippen molar-refractivity contribution >= 4 is 17.5 Å². The molecule has 23 heavy (non-hydrogen) atoms. The molecule has 0 bridgehead atoms. The van der Waals surface area contributed by atoms with E-state index in [0.29, 0.717) is 18.0 Å². The van der Waals surface area contributed by atoms with E-state index in [1.54, 1.807) is 0 Å². The van der Waals surface area contributed by atoms with Crippen molar-refractivity contribution in [1.29, 1.82) is 0 Å². The highest BCUT2D eigenvalue weighted by Crippen LogP contribution is 2.22. The molecular weight excluding hydrogens is 314 g/mol. The van der Waals surface area contributed by atoms with Gasteiger partial charge in [0.2, 0.25) is 5.91 Å². The number of carbonyl (C=O) groups excluding carboxylic acids is 1. The van der Waals surface area contributed by atoms with Gasteiger partial charge in [-0.15, -0.1) is 5.10 Å². The van der Waals surface area contributed by atoms with Crippen molar-refractivity contribution in [2.45, 2.75) is 31.8 Å². The van der Waals surface area contributed by atoms with Crippen molar-refractivity contribution in [2.24, 2.45) is 5.73 Å². The molecule has 122 valence electrons. The van der Waals surface area contributed by atoms with E-state index < -0.39 is 0 Å². The predicted octanol–water partition coefficient (Wildman–Crippen LogP) is 1.80. The summed E-state index contributed by atoms with van der Waals surface area (Å²) >= 11 is 5.97. The van der Waals surface area contributed by atoms with E-state index in [1.165, 1.54) is 0 Å². The van der Waals surface area contributed by atoms with Gasteiger partial charge in [-0.25, -0.2) is 4.68 Å². The number of rotatable bonds is 4. The average molecular weight is 334 g/mol. The van der Waals surface area contributed by atoms with Crippen LogP contribution < -0.4 is 5.73 Å². The number of amides is 1. The van der Waals surface area contributed by atoms with Crippen LogP contribution in [-0.2, 0) is 17.8 Å². The normalized spacial score (nSPS) is 15.8. The summed E-state index contributed by atoms with van der Waals surface area (Å²) < 4.78 is 1.88. The summed E-state index contributed by atoms with van der Waals surface area (Å²) in [7, 11) is 0. The van der Waals surface area contributed by atoms with Crippen molar-refractivity contribution in [3.05, 3.63) is 46.7 Å². The lowest BCUT2D eigenvalue weighted by molar-refractivity contribution is -0.131. The minimum absolute atomic E-state index is 0.145. The van der Waals surface area contributed by atoms with Gasteiger partial charge >= 0.3 is 0 Å². The molecule has 2 heterocycles. The highest BCUT2D eigenvalue weighted by Gasteiger charge is 2.24. The quantitative estimate of drug-likeness (QED) is 0.925. The zero-order valence-corrected chi connectivity index (χ0v) is 13.6. The van der Waals surface area contributed by atoms with Gasteiger partial charge in [0.25, 0.3) is 0 Å². The fourth-order valence-corrected chi connectivity index (χ4v) is 3.11. The van der Waals surface area contributed by atoms with Gasteiger partial charge in [0, 0.05) is 24.7 Å². The molecule has 1 aromatic carbocycles. The van der Waals surface area contributed by atoms with Crippen LogP contribution in [0.4, 0.5) is 0 Å². The Morgan fingerprint density at radius 3 is 2.78 bits per heavy atom. The Hall–Kier alpha value is -1.92. The van der Waals surface area contributed by atoms with E-state index in [4.69, 9.17) is 17.3 Å². The van der Waals surface area contributed by atoms with Gasteiger partial charge in [-0.3, -0.25) is 4.79 Å². The largest absolute Gasteiger partial charge is 0.342 e. The summed E-state index contributed by atoms with van der Waals surface area (Å²) in [5.41, 5.74) is 7.31. The summed E-state index contributed by atoms with van der Waals surface area (Å²) in [4.78, 5) is 14.3. The molecule has 7 heteroatoms. The van der Waals surface area contributed by atoms with Gasteiger partial charge in [0.15, 0.2) is 0 Å². The third-order valence-corrected chi connectivity index (χ3v) is 4.44. The molecule has 1 amide bonds. The molecule has 0 spiro atoms. The number of halogens is 1. The van der Waals surface area contributed by atoms with Gasteiger partial charge in [-0.2, -0.15) is 0 Å². The number of nitrogens with two attached hydrogens (primary N) is 1. The van der Waals surface area contributed by atoms with Gasteiger partial charge in [-0.1, -0.05) is 28.9 Å². The number of carbonyl (C=O) groups is 1. The summed E-state index contributed by atoms with van der Waals surface area (Å²) in [6.45, 7) is 1.88. The first-order valence-corrected chi connectivity index (χ1v) is 8.16. The Morgan fingerprint density at radius 1 is 1.35 bits per heavy atom. The second kappa shape index (κ2) is 7.10. The summed E-state index contributed by atoms with van der Waals surface area (Å²) in [5, 5.41) is 8.81. The van der Waals surface area contributed by atoms with Crippen LogP contribution >= 0.6 is 11.6 Å². The number of aromatic nitrogens is 3. The van der Waals surface area contributed by atoms with E-state index >= 15 is 0 Å². The molecule has 1 fully saturated rings. The van der Waals surface area contributed by atoms with Crippen molar-refractivity contribution < 1.29 is 4.79 Å². The van der Waals surface area contributed by atoms with Crippen LogP contribution in [0.5, 0.6) is 0 Å². The molecule has 1 aliphatic rings. The number of nitrogens with zero attached hydrogens (tertiary/aromatic N) is 4.